The molecule has 1 fully saturated rings. The highest BCUT2D eigenvalue weighted by Gasteiger charge is 2.30. The van der Waals surface area contributed by atoms with Gasteiger partial charge in [-0.25, -0.2) is 0 Å². The van der Waals surface area contributed by atoms with Crippen molar-refractivity contribution in [3.63, 3.8) is 0 Å². The second-order valence-electron chi connectivity index (χ2n) is 3.36. The number of nitrogens with two attached hydrogens (primary N) is 1. The third-order valence-electron chi connectivity index (χ3n) is 2.31. The highest BCUT2D eigenvalue weighted by atomic mass is 16.2. The Kier molecular flexibility index (Phi) is 2.87. The van der Waals surface area contributed by atoms with Crippen molar-refractivity contribution in [2.24, 2.45) is 5.73 Å². The normalized spacial score (nSPS) is 25.8. The van der Waals surface area contributed by atoms with Crippen LogP contribution in [0.5, 0.6) is 0 Å². The van der Waals surface area contributed by atoms with E-state index in [1.807, 2.05) is 6.92 Å². The van der Waals surface area contributed by atoms with E-state index in [0.717, 1.165) is 0 Å². The maximum atomic E-state index is 11.4. The van der Waals surface area contributed by atoms with Crippen molar-refractivity contribution in [1.82, 2.24) is 10.2 Å². The molecule has 3 N–H and O–H groups in total. The molecule has 5 nitrogen and oxygen atoms in total. The molecule has 1 rings (SSSR count). The van der Waals surface area contributed by atoms with Gasteiger partial charge in [0.2, 0.25) is 11.8 Å². The first-order valence-electron chi connectivity index (χ1n) is 4.35. The molecule has 1 unspecified atom stereocenters. The molecule has 1 aliphatic heterocycles. The van der Waals surface area contributed by atoms with E-state index >= 15 is 0 Å². The molecule has 1 heterocycles. The Morgan fingerprint density at radius 3 is 2.85 bits per heavy atom. The van der Waals surface area contributed by atoms with Crippen molar-refractivity contribution >= 4 is 11.8 Å². The fourth-order valence-corrected chi connectivity index (χ4v) is 1.56. The first-order valence-corrected chi connectivity index (χ1v) is 4.35. The minimum absolute atomic E-state index is 0.0312. The lowest BCUT2D eigenvalue weighted by Crippen LogP contribution is -2.59. The Morgan fingerprint density at radius 2 is 2.38 bits per heavy atom. The zero-order valence-electron chi connectivity index (χ0n) is 7.91. The number of primary amides is 1. The summed E-state index contributed by atoms with van der Waals surface area (Å²) in [4.78, 5) is 23.8. The predicted molar refractivity (Wildman–Crippen MR) is 47.8 cm³/mol. The van der Waals surface area contributed by atoms with Gasteiger partial charge < -0.3 is 16.0 Å². The van der Waals surface area contributed by atoms with Gasteiger partial charge in [0.15, 0.2) is 0 Å². The van der Waals surface area contributed by atoms with Crippen LogP contribution in [0.4, 0.5) is 0 Å². The van der Waals surface area contributed by atoms with Crippen LogP contribution in [0.1, 0.15) is 13.8 Å². The molecule has 1 saturated heterocycles. The molecule has 0 bridgehead atoms. The maximum absolute atomic E-state index is 11.4. The van der Waals surface area contributed by atoms with E-state index in [2.05, 4.69) is 5.32 Å². The van der Waals surface area contributed by atoms with Gasteiger partial charge in [0.25, 0.3) is 0 Å². The Hall–Kier alpha value is -1.10. The molecule has 0 aromatic carbocycles. The number of hydrogen-bond donors (Lipinski definition) is 2. The van der Waals surface area contributed by atoms with Gasteiger partial charge in [-0.2, -0.15) is 0 Å². The Bertz CT molecular complexity index is 229. The van der Waals surface area contributed by atoms with Crippen LogP contribution < -0.4 is 11.1 Å². The van der Waals surface area contributed by atoms with E-state index in [-0.39, 0.29) is 11.9 Å². The van der Waals surface area contributed by atoms with Crippen LogP contribution >= 0.6 is 0 Å². The van der Waals surface area contributed by atoms with Gasteiger partial charge in [-0.3, -0.25) is 9.59 Å². The molecule has 0 aromatic rings. The lowest BCUT2D eigenvalue weighted by atomic mass is 10.1. The standard InChI is InChI=1S/C8H15N3O2/c1-5-3-10-4-7(12)11(5)6(2)8(9)13/h5-6,10H,3-4H2,1-2H3,(H2,9,13)/t5-,6?/m0/s1. The van der Waals surface area contributed by atoms with Gasteiger partial charge >= 0.3 is 0 Å². The highest BCUT2D eigenvalue weighted by Crippen LogP contribution is 2.08. The van der Waals surface area contributed by atoms with E-state index in [4.69, 9.17) is 5.73 Å². The summed E-state index contributed by atoms with van der Waals surface area (Å²) in [5, 5.41) is 2.96. The van der Waals surface area contributed by atoms with E-state index in [1.54, 1.807) is 11.8 Å². The largest absolute Gasteiger partial charge is 0.368 e. The second kappa shape index (κ2) is 3.74. The van der Waals surface area contributed by atoms with E-state index in [0.29, 0.717) is 13.1 Å². The van der Waals surface area contributed by atoms with Crippen molar-refractivity contribution in [1.29, 1.82) is 0 Å². The Morgan fingerprint density at radius 1 is 1.77 bits per heavy atom. The quantitative estimate of drug-likeness (QED) is 0.560. The van der Waals surface area contributed by atoms with Crippen LogP contribution in [-0.2, 0) is 9.59 Å². The maximum Gasteiger partial charge on any atom is 0.239 e. The van der Waals surface area contributed by atoms with E-state index < -0.39 is 11.9 Å². The average molecular weight is 185 g/mol. The van der Waals surface area contributed by atoms with Crippen LogP contribution in [0.2, 0.25) is 0 Å². The van der Waals surface area contributed by atoms with E-state index in [1.165, 1.54) is 0 Å². The van der Waals surface area contributed by atoms with E-state index in [9.17, 15) is 9.59 Å². The number of nitrogens with zero attached hydrogens (tertiary/aromatic N) is 1. The summed E-state index contributed by atoms with van der Waals surface area (Å²) >= 11 is 0. The summed E-state index contributed by atoms with van der Waals surface area (Å²) in [5.74, 6) is -0.521. The van der Waals surface area contributed by atoms with Crippen LogP contribution in [0.15, 0.2) is 0 Å². The van der Waals surface area contributed by atoms with Crippen molar-refractivity contribution in [2.45, 2.75) is 25.9 Å². The highest BCUT2D eigenvalue weighted by molar-refractivity contribution is 5.87. The molecule has 2 atom stereocenters. The summed E-state index contributed by atoms with van der Waals surface area (Å²) in [6.07, 6.45) is 0. The second-order valence-corrected chi connectivity index (χ2v) is 3.36. The summed E-state index contributed by atoms with van der Waals surface area (Å²) in [7, 11) is 0. The molecule has 0 aliphatic carbocycles. The van der Waals surface area contributed by atoms with Gasteiger partial charge in [-0.05, 0) is 13.8 Å². The lowest BCUT2D eigenvalue weighted by Gasteiger charge is -2.36. The number of piperazine rings is 1. The molecule has 13 heavy (non-hydrogen) atoms. The molecule has 5 heteroatoms. The van der Waals surface area contributed by atoms with Gasteiger partial charge in [0.1, 0.15) is 6.04 Å². The fourth-order valence-electron chi connectivity index (χ4n) is 1.56. The fraction of sp³-hybridized carbons (Fsp3) is 0.750. The topological polar surface area (TPSA) is 75.4 Å². The number of hydrogen-bond acceptors (Lipinski definition) is 3. The first kappa shape index (κ1) is 9.98. The zero-order chi connectivity index (χ0) is 10.0. The van der Waals surface area contributed by atoms with Crippen LogP contribution in [0, 0.1) is 0 Å². The van der Waals surface area contributed by atoms with Gasteiger partial charge in [-0.15, -0.1) is 0 Å². The summed E-state index contributed by atoms with van der Waals surface area (Å²) in [6.45, 7) is 4.55. The number of rotatable bonds is 2. The molecule has 0 saturated carbocycles. The molecular formula is C8H15N3O2. The van der Waals surface area contributed by atoms with Crippen LogP contribution in [-0.4, -0.2) is 41.9 Å². The summed E-state index contributed by atoms with van der Waals surface area (Å²) < 4.78 is 0. The number of carbonyl (C=O) groups excluding carboxylic acids is 2. The van der Waals surface area contributed by atoms with Crippen molar-refractivity contribution < 1.29 is 9.59 Å². The molecule has 1 aliphatic rings. The number of nitrogens with one attached hydrogen (secondary N) is 1. The third-order valence-corrected chi connectivity index (χ3v) is 2.31. The predicted octanol–water partition coefficient (Wildman–Crippen LogP) is -1.32. The van der Waals surface area contributed by atoms with Gasteiger partial charge in [0.05, 0.1) is 6.54 Å². The first-order chi connectivity index (χ1) is 6.04. The summed E-state index contributed by atoms with van der Waals surface area (Å²) in [5.41, 5.74) is 5.14. The zero-order valence-corrected chi connectivity index (χ0v) is 7.91. The lowest BCUT2D eigenvalue weighted by molar-refractivity contribution is -0.142. The smallest absolute Gasteiger partial charge is 0.239 e. The average Bonchev–Trinajstić information content (AvgIpc) is 2.03. The number of carbonyl (C=O) groups is 2. The SMILES string of the molecule is CC(C(N)=O)N1C(=O)CNC[C@@H]1C. The van der Waals surface area contributed by atoms with Crippen LogP contribution in [0.3, 0.4) is 0 Å². The molecule has 74 valence electrons. The number of amides is 2. The minimum Gasteiger partial charge on any atom is -0.368 e. The summed E-state index contributed by atoms with van der Waals surface area (Å²) in [6, 6.07) is -0.478. The molecule has 2 amide bonds. The van der Waals surface area contributed by atoms with Crippen molar-refractivity contribution in [3.8, 4) is 0 Å². The van der Waals surface area contributed by atoms with Crippen molar-refractivity contribution in [2.75, 3.05) is 13.1 Å². The molecule has 0 spiro atoms. The Labute approximate surface area is 77.3 Å². The Balaban J connectivity index is 2.73. The monoisotopic (exact) mass is 185 g/mol. The molecule has 0 radical (unpaired) electrons. The van der Waals surface area contributed by atoms with Gasteiger partial charge in [-0.1, -0.05) is 0 Å². The minimum atomic E-state index is -0.510. The third kappa shape index (κ3) is 1.98. The molecule has 0 aromatic heterocycles. The van der Waals surface area contributed by atoms with Crippen LogP contribution in [0.25, 0.3) is 0 Å². The molecular weight excluding hydrogens is 170 g/mol. The van der Waals surface area contributed by atoms with Crippen molar-refractivity contribution in [3.05, 3.63) is 0 Å². The van der Waals surface area contributed by atoms with Gasteiger partial charge in [0, 0.05) is 12.6 Å².